The second-order valence-corrected chi connectivity index (χ2v) is 4.82. The molecule has 0 unspecified atom stereocenters. The van der Waals surface area contributed by atoms with Crippen LogP contribution in [0.15, 0.2) is 59.1 Å². The maximum absolute atomic E-state index is 12.9. The normalized spacial score (nSPS) is 10.6. The predicted molar refractivity (Wildman–Crippen MR) is 77.7 cm³/mol. The van der Waals surface area contributed by atoms with Crippen molar-refractivity contribution in [2.24, 2.45) is 0 Å². The fraction of sp³-hybridized carbons (Fsp3) is 0.0625. The van der Waals surface area contributed by atoms with E-state index in [2.05, 4.69) is 5.16 Å². The van der Waals surface area contributed by atoms with Crippen molar-refractivity contribution in [3.05, 3.63) is 71.1 Å². The van der Waals surface area contributed by atoms with Gasteiger partial charge in [-0.05, 0) is 18.2 Å². The third kappa shape index (κ3) is 3.23. The molecule has 0 spiro atoms. The molecule has 0 radical (unpaired) electrons. The molecular weight excluding hydrogens is 293 g/mol. The van der Waals surface area contributed by atoms with Gasteiger partial charge in [-0.2, -0.15) is 0 Å². The first-order chi connectivity index (χ1) is 10.2. The summed E-state index contributed by atoms with van der Waals surface area (Å²) in [6.45, 7) is 0.196. The molecule has 0 fully saturated rings. The van der Waals surface area contributed by atoms with E-state index in [1.807, 2.05) is 30.3 Å². The molecular formula is C16H11ClFNO2. The van der Waals surface area contributed by atoms with Crippen molar-refractivity contribution < 1.29 is 13.7 Å². The summed E-state index contributed by atoms with van der Waals surface area (Å²) in [7, 11) is 0. The van der Waals surface area contributed by atoms with Gasteiger partial charge in [-0.3, -0.25) is 0 Å². The lowest BCUT2D eigenvalue weighted by Gasteiger charge is -2.05. The molecule has 0 N–H and O–H groups in total. The Kier molecular flexibility index (Phi) is 3.88. The SMILES string of the molecule is Fc1ccc(OCc2cc(-c3ccccc3)on2)c(Cl)c1. The molecule has 3 aromatic rings. The highest BCUT2D eigenvalue weighted by Gasteiger charge is 2.08. The smallest absolute Gasteiger partial charge is 0.167 e. The quantitative estimate of drug-likeness (QED) is 0.700. The first kappa shape index (κ1) is 13.6. The Morgan fingerprint density at radius 3 is 2.67 bits per heavy atom. The van der Waals surface area contributed by atoms with Gasteiger partial charge in [0.1, 0.15) is 23.9 Å². The lowest BCUT2D eigenvalue weighted by Crippen LogP contribution is -1.96. The van der Waals surface area contributed by atoms with Crippen LogP contribution in [0.2, 0.25) is 5.02 Å². The number of aromatic nitrogens is 1. The van der Waals surface area contributed by atoms with E-state index in [0.29, 0.717) is 17.2 Å². The molecule has 5 heteroatoms. The molecule has 0 aliphatic rings. The summed E-state index contributed by atoms with van der Waals surface area (Å²) < 4.78 is 23.7. The summed E-state index contributed by atoms with van der Waals surface area (Å²) in [5.74, 6) is 0.668. The van der Waals surface area contributed by atoms with E-state index in [0.717, 1.165) is 5.56 Å². The monoisotopic (exact) mass is 303 g/mol. The first-order valence-electron chi connectivity index (χ1n) is 6.31. The number of rotatable bonds is 4. The van der Waals surface area contributed by atoms with Gasteiger partial charge in [-0.25, -0.2) is 4.39 Å². The summed E-state index contributed by atoms with van der Waals surface area (Å²) >= 11 is 5.89. The van der Waals surface area contributed by atoms with Crippen LogP contribution in [0.5, 0.6) is 5.75 Å². The fourth-order valence-corrected chi connectivity index (χ4v) is 2.08. The number of hydrogen-bond donors (Lipinski definition) is 0. The van der Waals surface area contributed by atoms with Gasteiger partial charge in [-0.1, -0.05) is 47.1 Å². The van der Waals surface area contributed by atoms with E-state index in [9.17, 15) is 4.39 Å². The molecule has 21 heavy (non-hydrogen) atoms. The molecule has 0 saturated carbocycles. The largest absolute Gasteiger partial charge is 0.486 e. The van der Waals surface area contributed by atoms with Crippen LogP contribution in [-0.2, 0) is 6.61 Å². The molecule has 3 rings (SSSR count). The second kappa shape index (κ2) is 5.97. The fourth-order valence-electron chi connectivity index (χ4n) is 1.86. The third-order valence-corrected chi connectivity index (χ3v) is 3.18. The number of halogens is 2. The Morgan fingerprint density at radius 2 is 1.90 bits per heavy atom. The highest BCUT2D eigenvalue weighted by molar-refractivity contribution is 6.32. The van der Waals surface area contributed by atoms with Crippen LogP contribution in [0.3, 0.4) is 0 Å². The van der Waals surface area contributed by atoms with Gasteiger partial charge in [0, 0.05) is 11.6 Å². The van der Waals surface area contributed by atoms with Crippen molar-refractivity contribution in [2.75, 3.05) is 0 Å². The Morgan fingerprint density at radius 1 is 1.10 bits per heavy atom. The number of nitrogens with zero attached hydrogens (tertiary/aromatic N) is 1. The van der Waals surface area contributed by atoms with Gasteiger partial charge < -0.3 is 9.26 Å². The predicted octanol–water partition coefficient (Wildman–Crippen LogP) is 4.71. The van der Waals surface area contributed by atoms with Gasteiger partial charge in [0.25, 0.3) is 0 Å². The van der Waals surface area contributed by atoms with Gasteiger partial charge in [0.05, 0.1) is 5.02 Å². The van der Waals surface area contributed by atoms with Crippen LogP contribution in [-0.4, -0.2) is 5.16 Å². The maximum Gasteiger partial charge on any atom is 0.167 e. The summed E-state index contributed by atoms with van der Waals surface area (Å²) in [5.41, 5.74) is 1.57. The molecule has 2 aromatic carbocycles. The van der Waals surface area contributed by atoms with Crippen molar-refractivity contribution in [2.45, 2.75) is 6.61 Å². The molecule has 0 amide bonds. The van der Waals surface area contributed by atoms with E-state index in [-0.39, 0.29) is 11.6 Å². The van der Waals surface area contributed by atoms with Crippen LogP contribution in [0.4, 0.5) is 4.39 Å². The topological polar surface area (TPSA) is 35.3 Å². The number of hydrogen-bond acceptors (Lipinski definition) is 3. The second-order valence-electron chi connectivity index (χ2n) is 4.41. The van der Waals surface area contributed by atoms with Crippen LogP contribution < -0.4 is 4.74 Å². The summed E-state index contributed by atoms with van der Waals surface area (Å²) in [4.78, 5) is 0. The third-order valence-electron chi connectivity index (χ3n) is 2.89. The molecule has 0 aliphatic carbocycles. The van der Waals surface area contributed by atoms with Crippen LogP contribution >= 0.6 is 11.6 Å². The minimum atomic E-state index is -0.403. The van der Waals surface area contributed by atoms with Crippen LogP contribution in [0.1, 0.15) is 5.69 Å². The first-order valence-corrected chi connectivity index (χ1v) is 6.69. The molecule has 106 valence electrons. The van der Waals surface area contributed by atoms with Gasteiger partial charge >= 0.3 is 0 Å². The molecule has 0 atom stereocenters. The van der Waals surface area contributed by atoms with Gasteiger partial charge in [-0.15, -0.1) is 0 Å². The van der Waals surface area contributed by atoms with Crippen molar-refractivity contribution in [1.82, 2.24) is 5.16 Å². The minimum absolute atomic E-state index is 0.196. The molecule has 0 aliphatic heterocycles. The molecule has 1 heterocycles. The Balaban J connectivity index is 1.70. The summed E-state index contributed by atoms with van der Waals surface area (Å²) in [5, 5.41) is 4.16. The lowest BCUT2D eigenvalue weighted by molar-refractivity contribution is 0.290. The average molecular weight is 304 g/mol. The van der Waals surface area contributed by atoms with Crippen molar-refractivity contribution in [3.8, 4) is 17.1 Å². The number of benzene rings is 2. The van der Waals surface area contributed by atoms with Crippen LogP contribution in [0.25, 0.3) is 11.3 Å². The van der Waals surface area contributed by atoms with Gasteiger partial charge in [0.2, 0.25) is 0 Å². The molecule has 0 bridgehead atoms. The molecule has 1 aromatic heterocycles. The van der Waals surface area contributed by atoms with Gasteiger partial charge in [0.15, 0.2) is 5.76 Å². The average Bonchev–Trinajstić information content (AvgIpc) is 2.96. The zero-order valence-electron chi connectivity index (χ0n) is 10.9. The van der Waals surface area contributed by atoms with E-state index in [4.69, 9.17) is 20.9 Å². The highest BCUT2D eigenvalue weighted by atomic mass is 35.5. The molecule has 3 nitrogen and oxygen atoms in total. The maximum atomic E-state index is 12.9. The van der Waals surface area contributed by atoms with E-state index < -0.39 is 5.82 Å². The van der Waals surface area contributed by atoms with E-state index >= 15 is 0 Å². The minimum Gasteiger partial charge on any atom is -0.486 e. The van der Waals surface area contributed by atoms with Crippen LogP contribution in [0, 0.1) is 5.82 Å². The zero-order chi connectivity index (χ0) is 14.7. The Bertz CT molecular complexity index is 743. The van der Waals surface area contributed by atoms with Crippen molar-refractivity contribution >= 4 is 11.6 Å². The standard InChI is InChI=1S/C16H11ClFNO2/c17-14-8-12(18)6-7-15(14)20-10-13-9-16(21-19-13)11-4-2-1-3-5-11/h1-9H,10H2. The Hall–Kier alpha value is -2.33. The summed E-state index contributed by atoms with van der Waals surface area (Å²) in [6.07, 6.45) is 0. The Labute approximate surface area is 125 Å². The number of ether oxygens (including phenoxy) is 1. The molecule has 0 saturated heterocycles. The van der Waals surface area contributed by atoms with E-state index in [1.54, 1.807) is 6.07 Å². The zero-order valence-corrected chi connectivity index (χ0v) is 11.7. The van der Waals surface area contributed by atoms with Crippen molar-refractivity contribution in [1.29, 1.82) is 0 Å². The summed E-state index contributed by atoms with van der Waals surface area (Å²) in [6, 6.07) is 15.4. The van der Waals surface area contributed by atoms with Crippen molar-refractivity contribution in [3.63, 3.8) is 0 Å². The highest BCUT2D eigenvalue weighted by Crippen LogP contribution is 2.26. The van der Waals surface area contributed by atoms with E-state index in [1.165, 1.54) is 18.2 Å². The lowest BCUT2D eigenvalue weighted by atomic mass is 10.2.